The molecule has 0 amide bonds. The molecule has 1 aliphatic heterocycles. The lowest BCUT2D eigenvalue weighted by Gasteiger charge is -2.10. The lowest BCUT2D eigenvalue weighted by molar-refractivity contribution is 0.553. The van der Waals surface area contributed by atoms with Gasteiger partial charge in [0.2, 0.25) is 0 Å². The highest BCUT2D eigenvalue weighted by Gasteiger charge is 2.27. The molecule has 1 atom stereocenters. The molecule has 1 aliphatic rings. The number of benzene rings is 1. The first kappa shape index (κ1) is 16.5. The van der Waals surface area contributed by atoms with Gasteiger partial charge in [0.25, 0.3) is 0 Å². The summed E-state index contributed by atoms with van der Waals surface area (Å²) in [5.41, 5.74) is 2.95. The lowest BCUT2D eigenvalue weighted by atomic mass is 10.2. The highest BCUT2D eigenvalue weighted by atomic mass is 35.5. The van der Waals surface area contributed by atoms with Gasteiger partial charge in [-0.25, -0.2) is 13.1 Å². The first-order valence-corrected chi connectivity index (χ1v) is 9.84. The fourth-order valence-electron chi connectivity index (χ4n) is 2.85. The molecule has 0 bridgehead atoms. The van der Waals surface area contributed by atoms with Crippen LogP contribution < -0.4 is 5.32 Å². The van der Waals surface area contributed by atoms with Crippen LogP contribution in [0.4, 0.5) is 0 Å². The smallest absolute Gasteiger partial charge is 0.151 e. The van der Waals surface area contributed by atoms with Gasteiger partial charge in [0.15, 0.2) is 9.84 Å². The van der Waals surface area contributed by atoms with Gasteiger partial charge in [-0.3, -0.25) is 0 Å². The number of nitrogens with one attached hydrogen (secondary N) is 1. The molecule has 0 spiro atoms. The summed E-state index contributed by atoms with van der Waals surface area (Å²) in [5.74, 6) is 0.479. The van der Waals surface area contributed by atoms with E-state index < -0.39 is 9.84 Å². The van der Waals surface area contributed by atoms with Crippen molar-refractivity contribution in [1.82, 2.24) is 15.1 Å². The van der Waals surface area contributed by atoms with E-state index in [2.05, 4.69) is 10.4 Å². The molecule has 1 aromatic carbocycles. The van der Waals surface area contributed by atoms with Crippen LogP contribution in [0.15, 0.2) is 30.3 Å². The summed E-state index contributed by atoms with van der Waals surface area (Å²) in [6.45, 7) is 3.09. The second kappa shape index (κ2) is 6.63. The van der Waals surface area contributed by atoms with Gasteiger partial charge < -0.3 is 5.32 Å². The summed E-state index contributed by atoms with van der Waals surface area (Å²) in [4.78, 5) is 0. The van der Waals surface area contributed by atoms with Crippen molar-refractivity contribution in [2.75, 3.05) is 11.5 Å². The Hall–Kier alpha value is -1.37. The molecule has 3 rings (SSSR count). The van der Waals surface area contributed by atoms with Gasteiger partial charge in [0, 0.05) is 18.2 Å². The largest absolute Gasteiger partial charge is 0.309 e. The maximum Gasteiger partial charge on any atom is 0.151 e. The zero-order valence-electron chi connectivity index (χ0n) is 13.0. The van der Waals surface area contributed by atoms with Crippen LogP contribution in [-0.2, 0) is 22.9 Å². The molecule has 1 N–H and O–H groups in total. The van der Waals surface area contributed by atoms with Gasteiger partial charge in [0.1, 0.15) is 5.15 Å². The molecule has 124 valence electrons. The van der Waals surface area contributed by atoms with E-state index in [1.807, 2.05) is 37.3 Å². The molecule has 2 aromatic rings. The van der Waals surface area contributed by atoms with Gasteiger partial charge in [-0.15, -0.1) is 0 Å². The normalized spacial score (nSPS) is 20.0. The van der Waals surface area contributed by atoms with Gasteiger partial charge >= 0.3 is 0 Å². The third kappa shape index (κ3) is 3.94. The van der Waals surface area contributed by atoms with Crippen LogP contribution in [0.5, 0.6) is 0 Å². The Morgan fingerprint density at radius 2 is 2.09 bits per heavy atom. The van der Waals surface area contributed by atoms with Crippen LogP contribution in [0.25, 0.3) is 0 Å². The first-order chi connectivity index (χ1) is 10.9. The fraction of sp³-hybridized carbons (Fsp3) is 0.438. The first-order valence-electron chi connectivity index (χ1n) is 7.64. The average molecular weight is 354 g/mol. The van der Waals surface area contributed by atoms with Crippen molar-refractivity contribution < 1.29 is 8.42 Å². The minimum atomic E-state index is -2.87. The maximum atomic E-state index is 11.5. The highest BCUT2D eigenvalue weighted by Crippen LogP contribution is 2.22. The van der Waals surface area contributed by atoms with Crippen molar-refractivity contribution in [2.24, 2.45) is 0 Å². The predicted molar refractivity (Wildman–Crippen MR) is 91.4 cm³/mol. The van der Waals surface area contributed by atoms with E-state index in [1.54, 1.807) is 4.68 Å². The molecular weight excluding hydrogens is 334 g/mol. The highest BCUT2D eigenvalue weighted by molar-refractivity contribution is 7.91. The minimum Gasteiger partial charge on any atom is -0.309 e. The molecule has 1 aromatic heterocycles. The van der Waals surface area contributed by atoms with Crippen LogP contribution in [0.1, 0.15) is 23.2 Å². The van der Waals surface area contributed by atoms with Crippen molar-refractivity contribution in [3.8, 4) is 0 Å². The van der Waals surface area contributed by atoms with E-state index in [1.165, 1.54) is 0 Å². The second-order valence-electron chi connectivity index (χ2n) is 5.98. The Bertz CT molecular complexity index is 787. The Kier molecular flexibility index (Phi) is 4.75. The number of aryl methyl sites for hydroxylation is 1. The molecule has 0 aliphatic carbocycles. The van der Waals surface area contributed by atoms with Crippen molar-refractivity contribution >= 4 is 21.4 Å². The monoisotopic (exact) mass is 353 g/mol. The number of nitrogens with zero attached hydrogens (tertiary/aromatic N) is 2. The average Bonchev–Trinajstić information content (AvgIpc) is 2.98. The molecule has 7 heteroatoms. The lowest BCUT2D eigenvalue weighted by Crippen LogP contribution is -2.29. The third-order valence-electron chi connectivity index (χ3n) is 4.16. The van der Waals surface area contributed by atoms with E-state index in [0.717, 1.165) is 16.8 Å². The minimum absolute atomic E-state index is 0.00735. The van der Waals surface area contributed by atoms with E-state index in [0.29, 0.717) is 24.7 Å². The summed E-state index contributed by atoms with van der Waals surface area (Å²) in [6, 6.07) is 10.0. The van der Waals surface area contributed by atoms with Crippen molar-refractivity contribution in [3.63, 3.8) is 0 Å². The molecule has 23 heavy (non-hydrogen) atoms. The van der Waals surface area contributed by atoms with E-state index in [9.17, 15) is 8.42 Å². The zero-order valence-corrected chi connectivity index (χ0v) is 14.6. The number of sulfone groups is 1. The molecule has 0 unspecified atom stereocenters. The number of hydrogen-bond acceptors (Lipinski definition) is 4. The Balaban J connectivity index is 1.69. The molecule has 5 nitrogen and oxygen atoms in total. The number of halogens is 1. The SMILES string of the molecule is Cc1nn(Cc2ccccc2)c(Cl)c1CN[C@@H]1CCS(=O)(=O)C1. The van der Waals surface area contributed by atoms with Gasteiger partial charge in [-0.1, -0.05) is 41.9 Å². The summed E-state index contributed by atoms with van der Waals surface area (Å²) < 4.78 is 24.8. The molecule has 2 heterocycles. The fourth-order valence-corrected chi connectivity index (χ4v) is 4.86. The van der Waals surface area contributed by atoms with Gasteiger partial charge in [0.05, 0.1) is 23.7 Å². The zero-order chi connectivity index (χ0) is 16.4. The molecular formula is C16H20ClN3O2S. The second-order valence-corrected chi connectivity index (χ2v) is 8.57. The van der Waals surface area contributed by atoms with E-state index >= 15 is 0 Å². The molecule has 1 saturated heterocycles. The number of aromatic nitrogens is 2. The molecule has 0 radical (unpaired) electrons. The topological polar surface area (TPSA) is 64.0 Å². The predicted octanol–water partition coefficient (Wildman–Crippen LogP) is 2.17. The standard InChI is InChI=1S/C16H20ClN3O2S/c1-12-15(9-18-14-7-8-23(21,22)11-14)16(17)20(19-12)10-13-5-3-2-4-6-13/h2-6,14,18H,7-11H2,1H3/t14-/m1/s1. The Morgan fingerprint density at radius 3 is 2.74 bits per heavy atom. The molecule has 0 saturated carbocycles. The third-order valence-corrected chi connectivity index (χ3v) is 6.35. The quantitative estimate of drug-likeness (QED) is 0.894. The van der Waals surface area contributed by atoms with Crippen LogP contribution in [0.2, 0.25) is 5.15 Å². The van der Waals surface area contributed by atoms with Crippen LogP contribution >= 0.6 is 11.6 Å². The number of rotatable bonds is 5. The van der Waals surface area contributed by atoms with Crippen molar-refractivity contribution in [3.05, 3.63) is 52.3 Å². The maximum absolute atomic E-state index is 11.5. The van der Waals surface area contributed by atoms with E-state index in [-0.39, 0.29) is 17.5 Å². The van der Waals surface area contributed by atoms with Gasteiger partial charge in [-0.05, 0) is 18.9 Å². The van der Waals surface area contributed by atoms with Crippen LogP contribution in [0, 0.1) is 6.92 Å². The number of hydrogen-bond donors (Lipinski definition) is 1. The summed E-state index contributed by atoms with van der Waals surface area (Å²) in [5, 5.41) is 8.41. The van der Waals surface area contributed by atoms with Crippen LogP contribution in [0.3, 0.4) is 0 Å². The van der Waals surface area contributed by atoms with E-state index in [4.69, 9.17) is 11.6 Å². The van der Waals surface area contributed by atoms with Crippen LogP contribution in [-0.4, -0.2) is 35.7 Å². The van der Waals surface area contributed by atoms with Crippen molar-refractivity contribution in [2.45, 2.75) is 32.5 Å². The Morgan fingerprint density at radius 1 is 1.35 bits per heavy atom. The van der Waals surface area contributed by atoms with Gasteiger partial charge in [-0.2, -0.15) is 5.10 Å². The summed E-state index contributed by atoms with van der Waals surface area (Å²) in [7, 11) is -2.87. The Labute approximate surface area is 141 Å². The van der Waals surface area contributed by atoms with Crippen molar-refractivity contribution in [1.29, 1.82) is 0 Å². The molecule has 1 fully saturated rings. The summed E-state index contributed by atoms with van der Waals surface area (Å²) in [6.07, 6.45) is 0.664. The summed E-state index contributed by atoms with van der Waals surface area (Å²) >= 11 is 6.46.